The number of rotatable bonds is 8. The van der Waals surface area contributed by atoms with Crippen molar-refractivity contribution in [2.75, 3.05) is 45.4 Å². The summed E-state index contributed by atoms with van der Waals surface area (Å²) in [6.45, 7) is 0.448. The van der Waals surface area contributed by atoms with E-state index in [1.165, 1.54) is 40.2 Å². The van der Waals surface area contributed by atoms with Crippen molar-refractivity contribution >= 4 is 39.3 Å². The van der Waals surface area contributed by atoms with Crippen LogP contribution in [0.4, 0.5) is 5.69 Å². The molecule has 2 aromatic rings. The van der Waals surface area contributed by atoms with Crippen LogP contribution in [0.3, 0.4) is 0 Å². The maximum Gasteiger partial charge on any atom is 0.244 e. The minimum atomic E-state index is -3.63. The van der Waals surface area contributed by atoms with Gasteiger partial charge in [0, 0.05) is 31.0 Å². The highest BCUT2D eigenvalue weighted by Crippen LogP contribution is 2.27. The minimum absolute atomic E-state index is 0.0636. The molecule has 0 unspecified atom stereocenters. The van der Waals surface area contributed by atoms with Gasteiger partial charge in [0.05, 0.1) is 24.2 Å². The number of nitrogens with zero attached hydrogens (tertiary/aromatic N) is 2. The second-order valence-electron chi connectivity index (χ2n) is 7.80. The predicted molar refractivity (Wildman–Crippen MR) is 129 cm³/mol. The van der Waals surface area contributed by atoms with Gasteiger partial charge < -0.3 is 15.0 Å². The predicted octanol–water partition coefficient (Wildman–Crippen LogP) is 2.91. The van der Waals surface area contributed by atoms with Crippen molar-refractivity contribution in [3.63, 3.8) is 0 Å². The molecule has 8 nitrogen and oxygen atoms in total. The van der Waals surface area contributed by atoms with Crippen LogP contribution >= 0.6 is 11.8 Å². The first-order valence-corrected chi connectivity index (χ1v) is 13.2. The molecule has 1 fully saturated rings. The number of hydrogen-bond donors (Lipinski definition) is 1. The van der Waals surface area contributed by atoms with Crippen LogP contribution in [0.15, 0.2) is 58.3 Å². The summed E-state index contributed by atoms with van der Waals surface area (Å²) in [6, 6.07) is 13.8. The zero-order valence-corrected chi connectivity index (χ0v) is 20.6. The highest BCUT2D eigenvalue weighted by molar-refractivity contribution is 7.98. The summed E-state index contributed by atoms with van der Waals surface area (Å²) in [5, 5.41) is 2.85. The fourth-order valence-electron chi connectivity index (χ4n) is 3.78. The molecule has 3 rings (SSSR count). The number of para-hydroxylation sites is 1. The largest absolute Gasteiger partial charge is 0.497 e. The Morgan fingerprint density at radius 1 is 1.12 bits per heavy atom. The van der Waals surface area contributed by atoms with E-state index in [1.54, 1.807) is 19.2 Å². The van der Waals surface area contributed by atoms with Gasteiger partial charge in [0.25, 0.3) is 0 Å². The van der Waals surface area contributed by atoms with Gasteiger partial charge in [-0.05, 0) is 55.5 Å². The Kier molecular flexibility index (Phi) is 8.39. The summed E-state index contributed by atoms with van der Waals surface area (Å²) in [4.78, 5) is 27.9. The molecule has 1 heterocycles. The van der Waals surface area contributed by atoms with E-state index < -0.39 is 10.0 Å². The lowest BCUT2D eigenvalue weighted by molar-refractivity contribution is -0.138. The van der Waals surface area contributed by atoms with Crippen LogP contribution < -0.4 is 10.1 Å². The van der Waals surface area contributed by atoms with E-state index in [1.807, 2.05) is 30.5 Å². The Labute approximate surface area is 199 Å². The summed E-state index contributed by atoms with van der Waals surface area (Å²) in [5.41, 5.74) is 0.716. The third-order valence-electron chi connectivity index (χ3n) is 5.64. The second-order valence-corrected chi connectivity index (χ2v) is 10.6. The average Bonchev–Trinajstić information content (AvgIpc) is 2.83. The first-order valence-electron chi connectivity index (χ1n) is 10.6. The number of likely N-dealkylation sites (N-methyl/N-ethyl adjacent to an activating group) is 1. The van der Waals surface area contributed by atoms with Crippen molar-refractivity contribution in [3.8, 4) is 5.75 Å². The molecule has 2 amide bonds. The molecule has 0 radical (unpaired) electrons. The van der Waals surface area contributed by atoms with E-state index in [4.69, 9.17) is 4.74 Å². The van der Waals surface area contributed by atoms with Gasteiger partial charge in [-0.1, -0.05) is 12.1 Å². The zero-order chi connectivity index (χ0) is 24.0. The Hall–Kier alpha value is -2.56. The maximum atomic E-state index is 12.9. The Morgan fingerprint density at radius 2 is 1.76 bits per heavy atom. The van der Waals surface area contributed by atoms with Crippen LogP contribution in [-0.4, -0.2) is 69.5 Å². The van der Waals surface area contributed by atoms with Crippen LogP contribution in [0.25, 0.3) is 0 Å². The van der Waals surface area contributed by atoms with Crippen molar-refractivity contribution in [2.45, 2.75) is 22.6 Å². The lowest BCUT2D eigenvalue weighted by Crippen LogP contribution is -2.45. The molecule has 0 bridgehead atoms. The fraction of sp³-hybridized carbons (Fsp3) is 0.391. The zero-order valence-electron chi connectivity index (χ0n) is 19.0. The van der Waals surface area contributed by atoms with E-state index in [9.17, 15) is 18.0 Å². The monoisotopic (exact) mass is 491 g/mol. The number of ether oxygens (including phenoxy) is 1. The smallest absolute Gasteiger partial charge is 0.244 e. The number of methoxy groups -OCH3 is 1. The Balaban J connectivity index is 1.54. The number of amides is 2. The van der Waals surface area contributed by atoms with Crippen LogP contribution in [0.5, 0.6) is 5.75 Å². The Morgan fingerprint density at radius 3 is 2.36 bits per heavy atom. The molecule has 0 aliphatic carbocycles. The first-order chi connectivity index (χ1) is 15.8. The molecule has 10 heteroatoms. The van der Waals surface area contributed by atoms with Crippen molar-refractivity contribution in [1.82, 2.24) is 9.21 Å². The molecule has 0 saturated carbocycles. The number of sulfonamides is 1. The van der Waals surface area contributed by atoms with Gasteiger partial charge in [0.15, 0.2) is 0 Å². The summed E-state index contributed by atoms with van der Waals surface area (Å²) < 4.78 is 32.3. The minimum Gasteiger partial charge on any atom is -0.497 e. The molecule has 0 aromatic heterocycles. The van der Waals surface area contributed by atoms with E-state index in [0.717, 1.165) is 4.90 Å². The summed E-state index contributed by atoms with van der Waals surface area (Å²) in [5.74, 6) is -0.150. The van der Waals surface area contributed by atoms with Gasteiger partial charge in [0.2, 0.25) is 21.8 Å². The Bertz CT molecular complexity index is 1080. The van der Waals surface area contributed by atoms with Gasteiger partial charge in [-0.25, -0.2) is 8.42 Å². The normalized spacial score (nSPS) is 15.1. The third kappa shape index (κ3) is 6.07. The highest BCUT2D eigenvalue weighted by Gasteiger charge is 2.33. The molecule has 178 valence electrons. The van der Waals surface area contributed by atoms with Crippen molar-refractivity contribution in [3.05, 3.63) is 48.5 Å². The number of benzene rings is 2. The number of hydrogen-bond acceptors (Lipinski definition) is 6. The molecule has 1 aliphatic rings. The van der Waals surface area contributed by atoms with E-state index in [0.29, 0.717) is 24.3 Å². The number of thioether (sulfide) groups is 1. The van der Waals surface area contributed by atoms with Gasteiger partial charge in [-0.3, -0.25) is 9.59 Å². The summed E-state index contributed by atoms with van der Waals surface area (Å²) in [6.07, 6.45) is 2.76. The van der Waals surface area contributed by atoms with Crippen LogP contribution in [0.2, 0.25) is 0 Å². The molecule has 0 spiro atoms. The quantitative estimate of drug-likeness (QED) is 0.571. The molecule has 1 N–H and O–H groups in total. The van der Waals surface area contributed by atoms with Crippen molar-refractivity contribution in [1.29, 1.82) is 0 Å². The molecular weight excluding hydrogens is 462 g/mol. The molecule has 33 heavy (non-hydrogen) atoms. The number of piperidine rings is 1. The maximum absolute atomic E-state index is 12.9. The molecular formula is C23H29N3O5S2. The SMILES string of the molecule is COc1ccc(S(=O)(=O)N2CCC(C(=O)N(C)CC(=O)Nc3ccccc3SC)CC2)cc1. The van der Waals surface area contributed by atoms with Gasteiger partial charge >= 0.3 is 0 Å². The van der Waals surface area contributed by atoms with E-state index in [-0.39, 0.29) is 42.3 Å². The topological polar surface area (TPSA) is 96.0 Å². The lowest BCUT2D eigenvalue weighted by Gasteiger charge is -2.32. The van der Waals surface area contributed by atoms with Crippen LogP contribution in [0.1, 0.15) is 12.8 Å². The van der Waals surface area contributed by atoms with E-state index >= 15 is 0 Å². The van der Waals surface area contributed by atoms with Gasteiger partial charge in [0.1, 0.15) is 5.75 Å². The highest BCUT2D eigenvalue weighted by atomic mass is 32.2. The molecule has 2 aromatic carbocycles. The van der Waals surface area contributed by atoms with Crippen molar-refractivity contribution in [2.24, 2.45) is 5.92 Å². The number of nitrogens with one attached hydrogen (secondary N) is 1. The molecule has 1 aliphatic heterocycles. The second kappa shape index (κ2) is 11.0. The van der Waals surface area contributed by atoms with Gasteiger partial charge in [-0.15, -0.1) is 11.8 Å². The molecule has 1 saturated heterocycles. The van der Waals surface area contributed by atoms with E-state index in [2.05, 4.69) is 5.32 Å². The van der Waals surface area contributed by atoms with Crippen LogP contribution in [-0.2, 0) is 19.6 Å². The van der Waals surface area contributed by atoms with Crippen LogP contribution in [0, 0.1) is 5.92 Å². The van der Waals surface area contributed by atoms with Gasteiger partial charge in [-0.2, -0.15) is 4.31 Å². The number of carbonyl (C=O) groups is 2. The summed E-state index contributed by atoms with van der Waals surface area (Å²) >= 11 is 1.53. The fourth-order valence-corrected chi connectivity index (χ4v) is 5.81. The number of carbonyl (C=O) groups excluding carboxylic acids is 2. The first kappa shape index (κ1) is 25.1. The van der Waals surface area contributed by atoms with Crippen molar-refractivity contribution < 1.29 is 22.7 Å². The standard InChI is InChI=1S/C23H29N3O5S2/c1-25(16-22(27)24-20-6-4-5-7-21(20)32-3)23(28)17-12-14-26(15-13-17)33(29,30)19-10-8-18(31-2)9-11-19/h4-11,17H,12-16H2,1-3H3,(H,24,27). The summed E-state index contributed by atoms with van der Waals surface area (Å²) in [7, 11) is -0.507. The molecule has 0 atom stereocenters. The lowest BCUT2D eigenvalue weighted by atomic mass is 9.96. The number of anilines is 1. The third-order valence-corrected chi connectivity index (χ3v) is 8.35. The average molecular weight is 492 g/mol.